The van der Waals surface area contributed by atoms with Crippen LogP contribution in [-0.2, 0) is 6.18 Å². The highest BCUT2D eigenvalue weighted by molar-refractivity contribution is 5.94. The molecule has 0 spiro atoms. The Kier molecular flexibility index (Phi) is 6.60. The number of benzene rings is 1. The predicted molar refractivity (Wildman–Crippen MR) is 89.9 cm³/mol. The van der Waals surface area contributed by atoms with E-state index in [0.29, 0.717) is 23.6 Å². The summed E-state index contributed by atoms with van der Waals surface area (Å²) in [5, 5.41) is 9.47. The molecule has 0 bridgehead atoms. The van der Waals surface area contributed by atoms with Gasteiger partial charge in [-0.1, -0.05) is 17.3 Å². The number of aromatic nitrogens is 2. The summed E-state index contributed by atoms with van der Waals surface area (Å²) in [6, 6.07) is 6.02. The van der Waals surface area contributed by atoms with Crippen LogP contribution in [0.1, 0.15) is 29.1 Å². The molecule has 1 aliphatic heterocycles. The minimum Gasteiger partial charge on any atom is -0.352 e. The van der Waals surface area contributed by atoms with Gasteiger partial charge in [-0.25, -0.2) is 0 Å². The number of halogens is 4. The molecule has 2 N–H and O–H groups in total. The third kappa shape index (κ3) is 4.95. The van der Waals surface area contributed by atoms with Crippen LogP contribution >= 0.6 is 12.4 Å². The number of carbonyl (C=O) groups excluding carboxylic acids is 1. The maximum Gasteiger partial charge on any atom is 0.471 e. The Balaban J connectivity index is 0.00000243. The van der Waals surface area contributed by atoms with Gasteiger partial charge in [0.1, 0.15) is 0 Å². The fraction of sp³-hybridized carbons (Fsp3) is 0.438. The number of piperidine rings is 1. The first-order valence-corrected chi connectivity index (χ1v) is 7.94. The maximum atomic E-state index is 12.5. The van der Waals surface area contributed by atoms with Crippen LogP contribution in [0.3, 0.4) is 0 Å². The Hall–Kier alpha value is -2.13. The van der Waals surface area contributed by atoms with E-state index in [9.17, 15) is 18.0 Å². The van der Waals surface area contributed by atoms with Crippen molar-refractivity contribution in [1.29, 1.82) is 0 Å². The smallest absolute Gasteiger partial charge is 0.352 e. The van der Waals surface area contributed by atoms with Gasteiger partial charge in [-0.3, -0.25) is 4.79 Å². The highest BCUT2D eigenvalue weighted by atomic mass is 35.5. The Bertz CT molecular complexity index is 728. The van der Waals surface area contributed by atoms with Gasteiger partial charge in [0, 0.05) is 17.7 Å². The van der Waals surface area contributed by atoms with Crippen molar-refractivity contribution >= 4 is 18.3 Å². The van der Waals surface area contributed by atoms with E-state index < -0.39 is 12.1 Å². The van der Waals surface area contributed by atoms with Gasteiger partial charge >= 0.3 is 12.1 Å². The molecule has 1 unspecified atom stereocenters. The minimum atomic E-state index is -4.68. The molecule has 1 aliphatic rings. The monoisotopic (exact) mass is 390 g/mol. The number of alkyl halides is 3. The van der Waals surface area contributed by atoms with Gasteiger partial charge < -0.3 is 15.2 Å². The number of hydrogen-bond donors (Lipinski definition) is 2. The van der Waals surface area contributed by atoms with Crippen molar-refractivity contribution in [2.75, 3.05) is 19.6 Å². The molecule has 0 saturated carbocycles. The summed E-state index contributed by atoms with van der Waals surface area (Å²) in [6.45, 7) is 2.49. The van der Waals surface area contributed by atoms with E-state index in [1.165, 1.54) is 24.3 Å². The fourth-order valence-electron chi connectivity index (χ4n) is 2.66. The highest BCUT2D eigenvalue weighted by Crippen LogP contribution is 2.29. The van der Waals surface area contributed by atoms with Crippen molar-refractivity contribution in [1.82, 2.24) is 20.8 Å². The molecule has 1 saturated heterocycles. The van der Waals surface area contributed by atoms with Gasteiger partial charge in [0.25, 0.3) is 5.91 Å². The third-order valence-electron chi connectivity index (χ3n) is 4.02. The zero-order valence-corrected chi connectivity index (χ0v) is 14.5. The molecule has 0 radical (unpaired) electrons. The molecule has 142 valence electrons. The zero-order valence-electron chi connectivity index (χ0n) is 13.7. The van der Waals surface area contributed by atoms with Crippen LogP contribution in [0.4, 0.5) is 13.2 Å². The normalized spacial score (nSPS) is 17.4. The maximum absolute atomic E-state index is 12.5. The van der Waals surface area contributed by atoms with Gasteiger partial charge in [-0.2, -0.15) is 18.2 Å². The first-order valence-electron chi connectivity index (χ1n) is 7.94. The minimum absolute atomic E-state index is 0. The second kappa shape index (κ2) is 8.50. The highest BCUT2D eigenvalue weighted by Gasteiger charge is 2.38. The van der Waals surface area contributed by atoms with E-state index in [-0.39, 0.29) is 24.1 Å². The molecule has 3 rings (SSSR count). The van der Waals surface area contributed by atoms with E-state index in [2.05, 4.69) is 25.3 Å². The van der Waals surface area contributed by atoms with Crippen LogP contribution in [0, 0.1) is 5.92 Å². The van der Waals surface area contributed by atoms with Crippen molar-refractivity contribution < 1.29 is 22.5 Å². The molecule has 1 fully saturated rings. The molecule has 2 aromatic rings. The van der Waals surface area contributed by atoms with Gasteiger partial charge in [0.05, 0.1) is 0 Å². The fourth-order valence-corrected chi connectivity index (χ4v) is 2.66. The average Bonchev–Trinajstić information content (AvgIpc) is 3.11. The summed E-state index contributed by atoms with van der Waals surface area (Å²) in [7, 11) is 0. The van der Waals surface area contributed by atoms with E-state index in [1.807, 2.05) is 0 Å². The van der Waals surface area contributed by atoms with Crippen LogP contribution in [-0.4, -0.2) is 35.7 Å². The number of nitrogens with zero attached hydrogens (tertiary/aromatic N) is 2. The number of nitrogens with one attached hydrogen (secondary N) is 2. The van der Waals surface area contributed by atoms with Gasteiger partial charge in [0.2, 0.25) is 5.82 Å². The third-order valence-corrected chi connectivity index (χ3v) is 4.02. The number of amides is 1. The van der Waals surface area contributed by atoms with Crippen LogP contribution in [0.2, 0.25) is 0 Å². The van der Waals surface area contributed by atoms with Crippen LogP contribution < -0.4 is 10.6 Å². The summed E-state index contributed by atoms with van der Waals surface area (Å²) in [5.41, 5.74) is 0.763. The Labute approximate surface area is 153 Å². The largest absolute Gasteiger partial charge is 0.471 e. The van der Waals surface area contributed by atoms with E-state index >= 15 is 0 Å². The lowest BCUT2D eigenvalue weighted by Gasteiger charge is -2.22. The van der Waals surface area contributed by atoms with Crippen molar-refractivity contribution in [3.8, 4) is 11.4 Å². The van der Waals surface area contributed by atoms with E-state index in [1.54, 1.807) is 0 Å². The van der Waals surface area contributed by atoms with Crippen LogP contribution in [0.25, 0.3) is 11.4 Å². The molecule has 1 aromatic carbocycles. The quantitative estimate of drug-likeness (QED) is 0.839. The summed E-state index contributed by atoms with van der Waals surface area (Å²) >= 11 is 0. The topological polar surface area (TPSA) is 80.0 Å². The molecule has 1 aromatic heterocycles. The Morgan fingerprint density at radius 2 is 2.04 bits per heavy atom. The molecule has 26 heavy (non-hydrogen) atoms. The SMILES string of the molecule is Cl.O=C(NCC1CCCNC1)c1ccc(-c2noc(C(F)(F)F)n2)cc1. The second-order valence-corrected chi connectivity index (χ2v) is 5.92. The lowest BCUT2D eigenvalue weighted by molar-refractivity contribution is -0.159. The Morgan fingerprint density at radius 3 is 2.62 bits per heavy atom. The first-order chi connectivity index (χ1) is 11.9. The summed E-state index contributed by atoms with van der Waals surface area (Å²) in [5.74, 6) is -1.38. The lowest BCUT2D eigenvalue weighted by Crippen LogP contribution is -2.38. The van der Waals surface area contributed by atoms with Crippen molar-refractivity contribution in [3.05, 3.63) is 35.7 Å². The molecule has 1 atom stereocenters. The molecule has 10 heteroatoms. The lowest BCUT2D eigenvalue weighted by atomic mass is 9.99. The number of rotatable bonds is 4. The van der Waals surface area contributed by atoms with Crippen LogP contribution in [0.15, 0.2) is 28.8 Å². The summed E-state index contributed by atoms with van der Waals surface area (Å²) in [6.07, 6.45) is -2.51. The summed E-state index contributed by atoms with van der Waals surface area (Å²) in [4.78, 5) is 15.5. The van der Waals surface area contributed by atoms with Crippen molar-refractivity contribution in [2.45, 2.75) is 19.0 Å². The molecule has 6 nitrogen and oxygen atoms in total. The standard InChI is InChI=1S/C16H17F3N4O2.ClH/c17-16(18,19)15-22-13(23-25-15)11-3-5-12(6-4-11)14(24)21-9-10-2-1-7-20-8-10;/h3-6,10,20H,1-2,7-9H2,(H,21,24);1H. The van der Waals surface area contributed by atoms with E-state index in [0.717, 1.165) is 25.9 Å². The Morgan fingerprint density at radius 1 is 1.31 bits per heavy atom. The first kappa shape index (κ1) is 20.2. The van der Waals surface area contributed by atoms with E-state index in [4.69, 9.17) is 0 Å². The molecular formula is C16H18ClF3N4O2. The second-order valence-electron chi connectivity index (χ2n) is 5.92. The zero-order chi connectivity index (χ0) is 17.9. The molecule has 1 amide bonds. The average molecular weight is 391 g/mol. The summed E-state index contributed by atoms with van der Waals surface area (Å²) < 4.78 is 41.6. The molecular weight excluding hydrogens is 373 g/mol. The number of carbonyl (C=O) groups is 1. The molecule has 2 heterocycles. The predicted octanol–water partition coefficient (Wildman–Crippen LogP) is 2.91. The van der Waals surface area contributed by atoms with Gasteiger partial charge in [-0.15, -0.1) is 12.4 Å². The van der Waals surface area contributed by atoms with Crippen molar-refractivity contribution in [2.24, 2.45) is 5.92 Å². The van der Waals surface area contributed by atoms with Gasteiger partial charge in [0.15, 0.2) is 0 Å². The van der Waals surface area contributed by atoms with Crippen molar-refractivity contribution in [3.63, 3.8) is 0 Å². The number of hydrogen-bond acceptors (Lipinski definition) is 5. The molecule has 0 aliphatic carbocycles. The van der Waals surface area contributed by atoms with Crippen LogP contribution in [0.5, 0.6) is 0 Å². The van der Waals surface area contributed by atoms with Gasteiger partial charge in [-0.05, 0) is 44.0 Å².